The molecule has 2 aromatic rings. The number of pyridine rings is 1. The van der Waals surface area contributed by atoms with Gasteiger partial charge in [-0.15, -0.1) is 0 Å². The van der Waals surface area contributed by atoms with Crippen molar-refractivity contribution in [1.82, 2.24) is 4.98 Å². The number of nitrogens with one attached hydrogen (secondary N) is 1. The molecule has 2 aromatic heterocycles. The van der Waals surface area contributed by atoms with Crippen molar-refractivity contribution in [2.75, 3.05) is 5.32 Å². The molecule has 0 bridgehead atoms. The maximum absolute atomic E-state index is 10.9. The van der Waals surface area contributed by atoms with Crippen LogP contribution < -0.4 is 5.32 Å². The minimum absolute atomic E-state index is 0.147. The van der Waals surface area contributed by atoms with Gasteiger partial charge in [0.1, 0.15) is 11.6 Å². The second-order valence-electron chi connectivity index (χ2n) is 4.46. The second-order valence-corrected chi connectivity index (χ2v) is 4.46. The summed E-state index contributed by atoms with van der Waals surface area (Å²) in [7, 11) is 0. The van der Waals surface area contributed by atoms with Crippen LogP contribution in [-0.4, -0.2) is 22.1 Å². The number of aromatic carboxylic acids is 1. The van der Waals surface area contributed by atoms with E-state index in [0.717, 1.165) is 12.2 Å². The molecule has 100 valence electrons. The van der Waals surface area contributed by atoms with E-state index in [4.69, 9.17) is 9.52 Å². The molecule has 0 aliphatic carbocycles. The van der Waals surface area contributed by atoms with Crippen molar-refractivity contribution in [2.24, 2.45) is 0 Å². The molecule has 5 nitrogen and oxygen atoms in total. The lowest BCUT2D eigenvalue weighted by Gasteiger charge is -2.14. The Morgan fingerprint density at radius 1 is 1.47 bits per heavy atom. The molecule has 19 heavy (non-hydrogen) atoms. The van der Waals surface area contributed by atoms with Crippen LogP contribution in [0.1, 0.15) is 28.7 Å². The summed E-state index contributed by atoms with van der Waals surface area (Å²) < 4.78 is 5.28. The Bertz CT molecular complexity index is 564. The number of carbonyl (C=O) groups is 1. The predicted octanol–water partition coefficient (Wildman–Crippen LogP) is 2.72. The summed E-state index contributed by atoms with van der Waals surface area (Å²) in [6.07, 6.45) is 2.39. The van der Waals surface area contributed by atoms with Crippen LogP contribution in [0, 0.1) is 6.92 Å². The summed E-state index contributed by atoms with van der Waals surface area (Å²) >= 11 is 0. The highest BCUT2D eigenvalue weighted by molar-refractivity contribution is 5.89. The first-order valence-corrected chi connectivity index (χ1v) is 6.06. The van der Waals surface area contributed by atoms with Crippen molar-refractivity contribution in [3.63, 3.8) is 0 Å². The number of rotatable bonds is 5. The second kappa shape index (κ2) is 5.56. The normalized spacial score (nSPS) is 12.1. The fourth-order valence-corrected chi connectivity index (χ4v) is 1.90. The van der Waals surface area contributed by atoms with Gasteiger partial charge in [-0.3, -0.25) is 0 Å². The molecule has 0 fully saturated rings. The minimum Gasteiger partial charge on any atom is -0.478 e. The Balaban J connectivity index is 2.03. The number of hydrogen-bond acceptors (Lipinski definition) is 4. The topological polar surface area (TPSA) is 75.4 Å². The molecule has 5 heteroatoms. The van der Waals surface area contributed by atoms with Gasteiger partial charge in [-0.2, -0.15) is 0 Å². The number of carboxylic acid groups (broad SMARTS) is 1. The van der Waals surface area contributed by atoms with Crippen molar-refractivity contribution in [3.8, 4) is 0 Å². The van der Waals surface area contributed by atoms with Crippen LogP contribution in [0.5, 0.6) is 0 Å². The SMILES string of the molecule is Cc1nc(NC(C)Cc2ccco2)ccc1C(=O)O. The lowest BCUT2D eigenvalue weighted by Crippen LogP contribution is -2.19. The first kappa shape index (κ1) is 13.1. The summed E-state index contributed by atoms with van der Waals surface area (Å²) in [6, 6.07) is 7.16. The molecule has 2 N–H and O–H groups in total. The summed E-state index contributed by atoms with van der Waals surface area (Å²) in [5.41, 5.74) is 0.729. The zero-order valence-electron chi connectivity index (χ0n) is 10.9. The van der Waals surface area contributed by atoms with E-state index >= 15 is 0 Å². The largest absolute Gasteiger partial charge is 0.478 e. The monoisotopic (exact) mass is 260 g/mol. The summed E-state index contributed by atoms with van der Waals surface area (Å²) in [5, 5.41) is 12.2. The molecule has 1 unspecified atom stereocenters. The van der Waals surface area contributed by atoms with Crippen LogP contribution in [0.25, 0.3) is 0 Å². The summed E-state index contributed by atoms with van der Waals surface area (Å²) in [6.45, 7) is 3.70. The summed E-state index contributed by atoms with van der Waals surface area (Å²) in [4.78, 5) is 15.1. The van der Waals surface area contributed by atoms with E-state index in [0.29, 0.717) is 11.5 Å². The van der Waals surface area contributed by atoms with Gasteiger partial charge in [0.2, 0.25) is 0 Å². The van der Waals surface area contributed by atoms with E-state index in [9.17, 15) is 4.79 Å². The average Bonchev–Trinajstić information content (AvgIpc) is 2.81. The third-order valence-electron chi connectivity index (χ3n) is 2.80. The first-order valence-electron chi connectivity index (χ1n) is 6.06. The van der Waals surface area contributed by atoms with Gasteiger partial charge >= 0.3 is 5.97 Å². The average molecular weight is 260 g/mol. The number of aromatic nitrogens is 1. The zero-order chi connectivity index (χ0) is 13.8. The van der Waals surface area contributed by atoms with E-state index < -0.39 is 5.97 Å². The van der Waals surface area contributed by atoms with Gasteiger partial charge in [0.25, 0.3) is 0 Å². The third-order valence-corrected chi connectivity index (χ3v) is 2.80. The van der Waals surface area contributed by atoms with E-state index in [2.05, 4.69) is 10.3 Å². The molecular formula is C14H16N2O3. The van der Waals surface area contributed by atoms with Crippen LogP contribution in [0.3, 0.4) is 0 Å². The lowest BCUT2D eigenvalue weighted by molar-refractivity contribution is 0.0695. The van der Waals surface area contributed by atoms with Crippen LogP contribution in [0.4, 0.5) is 5.82 Å². The molecule has 1 atom stereocenters. The van der Waals surface area contributed by atoms with Gasteiger partial charge in [0.15, 0.2) is 0 Å². The van der Waals surface area contributed by atoms with Gasteiger partial charge in [-0.25, -0.2) is 9.78 Å². The standard InChI is InChI=1S/C14H16N2O3/c1-9(8-11-4-3-7-19-11)15-13-6-5-12(14(17)18)10(2)16-13/h3-7,9H,8H2,1-2H3,(H,15,16)(H,17,18). The fourth-order valence-electron chi connectivity index (χ4n) is 1.90. The van der Waals surface area contributed by atoms with E-state index in [1.807, 2.05) is 19.1 Å². The van der Waals surface area contributed by atoms with Gasteiger partial charge in [0, 0.05) is 12.5 Å². The highest BCUT2D eigenvalue weighted by Gasteiger charge is 2.10. The predicted molar refractivity (Wildman–Crippen MR) is 71.4 cm³/mol. The number of aryl methyl sites for hydroxylation is 1. The van der Waals surface area contributed by atoms with Gasteiger partial charge in [-0.1, -0.05) is 0 Å². The molecule has 2 rings (SSSR count). The molecule has 0 radical (unpaired) electrons. The van der Waals surface area contributed by atoms with Crippen molar-refractivity contribution < 1.29 is 14.3 Å². The van der Waals surface area contributed by atoms with E-state index in [1.165, 1.54) is 0 Å². The number of anilines is 1. The third kappa shape index (κ3) is 3.34. The van der Waals surface area contributed by atoms with Crippen molar-refractivity contribution in [2.45, 2.75) is 26.3 Å². The fraction of sp³-hybridized carbons (Fsp3) is 0.286. The maximum Gasteiger partial charge on any atom is 0.337 e. The highest BCUT2D eigenvalue weighted by atomic mass is 16.4. The van der Waals surface area contributed by atoms with E-state index in [1.54, 1.807) is 25.3 Å². The first-order chi connectivity index (χ1) is 9.06. The molecule has 0 spiro atoms. The molecule has 0 amide bonds. The Morgan fingerprint density at radius 2 is 2.26 bits per heavy atom. The quantitative estimate of drug-likeness (QED) is 0.864. The van der Waals surface area contributed by atoms with Crippen LogP contribution in [0.15, 0.2) is 34.9 Å². The molecule has 0 saturated heterocycles. The van der Waals surface area contributed by atoms with Gasteiger partial charge in [0.05, 0.1) is 17.5 Å². The van der Waals surface area contributed by atoms with Gasteiger partial charge in [-0.05, 0) is 38.1 Å². The highest BCUT2D eigenvalue weighted by Crippen LogP contribution is 2.13. The Hall–Kier alpha value is -2.30. The molecule has 0 aromatic carbocycles. The molecule has 0 saturated carbocycles. The van der Waals surface area contributed by atoms with Crippen LogP contribution in [-0.2, 0) is 6.42 Å². The number of hydrogen-bond donors (Lipinski definition) is 2. The van der Waals surface area contributed by atoms with Crippen molar-refractivity contribution in [1.29, 1.82) is 0 Å². The molecular weight excluding hydrogens is 244 g/mol. The number of carboxylic acids is 1. The maximum atomic E-state index is 10.9. The Kier molecular flexibility index (Phi) is 3.85. The Morgan fingerprint density at radius 3 is 2.84 bits per heavy atom. The lowest BCUT2D eigenvalue weighted by atomic mass is 10.2. The van der Waals surface area contributed by atoms with E-state index in [-0.39, 0.29) is 11.6 Å². The molecule has 0 aliphatic rings. The molecule has 0 aliphatic heterocycles. The van der Waals surface area contributed by atoms with Crippen LogP contribution >= 0.6 is 0 Å². The Labute approximate surface area is 111 Å². The zero-order valence-corrected chi connectivity index (χ0v) is 10.9. The van der Waals surface area contributed by atoms with Crippen molar-refractivity contribution in [3.05, 3.63) is 47.5 Å². The minimum atomic E-state index is -0.958. The number of furan rings is 1. The van der Waals surface area contributed by atoms with Crippen molar-refractivity contribution >= 4 is 11.8 Å². The van der Waals surface area contributed by atoms with Gasteiger partial charge < -0.3 is 14.8 Å². The summed E-state index contributed by atoms with van der Waals surface area (Å²) in [5.74, 6) is 0.612. The van der Waals surface area contributed by atoms with Crippen LogP contribution in [0.2, 0.25) is 0 Å². The number of nitrogens with zero attached hydrogens (tertiary/aromatic N) is 1. The smallest absolute Gasteiger partial charge is 0.337 e. The molecule has 2 heterocycles.